The minimum atomic E-state index is -2.42. The summed E-state index contributed by atoms with van der Waals surface area (Å²) in [6.07, 6.45) is -0.867. The molecular weight excluding hydrogens is 114 g/mol. The van der Waals surface area contributed by atoms with E-state index in [-0.39, 0.29) is 0 Å². The van der Waals surface area contributed by atoms with Gasteiger partial charge in [0.25, 0.3) is 6.43 Å². The summed E-state index contributed by atoms with van der Waals surface area (Å²) in [4.78, 5) is 0.880. The van der Waals surface area contributed by atoms with E-state index in [4.69, 9.17) is 5.26 Å². The lowest BCUT2D eigenvalue weighted by Gasteiger charge is -2.04. The van der Waals surface area contributed by atoms with Crippen LogP contribution in [0.25, 0.3) is 0 Å². The lowest BCUT2D eigenvalue weighted by molar-refractivity contribution is 0.120. The van der Waals surface area contributed by atoms with E-state index in [2.05, 4.69) is 0 Å². The molecule has 0 aromatic heterocycles. The summed E-state index contributed by atoms with van der Waals surface area (Å²) in [6, 6.07) is 0. The summed E-state index contributed by atoms with van der Waals surface area (Å²) in [5.74, 6) is 0. The maximum Gasteiger partial charge on any atom is 0.256 e. The second kappa shape index (κ2) is 3.19. The minimum Gasteiger partial charge on any atom is -0.308 e. The fourth-order valence-corrected chi connectivity index (χ4v) is 0.248. The van der Waals surface area contributed by atoms with Crippen molar-refractivity contribution < 1.29 is 8.78 Å². The molecule has 2 nitrogen and oxygen atoms in total. The fourth-order valence-electron chi connectivity index (χ4n) is 0.248. The monoisotopic (exact) mass is 120 g/mol. The van der Waals surface area contributed by atoms with Crippen molar-refractivity contribution in [2.45, 2.75) is 6.43 Å². The largest absolute Gasteiger partial charge is 0.308 e. The molecular formula is C4H6F2N2. The van der Waals surface area contributed by atoms with Crippen LogP contribution < -0.4 is 0 Å². The van der Waals surface area contributed by atoms with E-state index >= 15 is 0 Å². The SMILES string of the molecule is CN(C#N)CC(F)F. The van der Waals surface area contributed by atoms with Crippen LogP contribution in [0.5, 0.6) is 0 Å². The van der Waals surface area contributed by atoms with E-state index in [1.807, 2.05) is 0 Å². The highest BCUT2D eigenvalue weighted by atomic mass is 19.3. The second-order valence-electron chi connectivity index (χ2n) is 1.37. The highest BCUT2D eigenvalue weighted by molar-refractivity contribution is 4.68. The van der Waals surface area contributed by atoms with E-state index in [9.17, 15) is 8.78 Å². The van der Waals surface area contributed by atoms with Crippen LogP contribution in [0, 0.1) is 11.5 Å². The van der Waals surface area contributed by atoms with Gasteiger partial charge >= 0.3 is 0 Å². The highest BCUT2D eigenvalue weighted by Gasteiger charge is 2.03. The molecule has 0 aromatic carbocycles. The van der Waals surface area contributed by atoms with Crippen molar-refractivity contribution in [2.75, 3.05) is 13.6 Å². The number of hydrogen-bond donors (Lipinski definition) is 0. The van der Waals surface area contributed by atoms with Crippen LogP contribution >= 0.6 is 0 Å². The van der Waals surface area contributed by atoms with Gasteiger partial charge < -0.3 is 4.90 Å². The molecule has 0 amide bonds. The zero-order valence-corrected chi connectivity index (χ0v) is 4.43. The molecule has 0 spiro atoms. The molecule has 0 saturated carbocycles. The van der Waals surface area contributed by atoms with Gasteiger partial charge in [-0.25, -0.2) is 8.78 Å². The highest BCUT2D eigenvalue weighted by Crippen LogP contribution is 1.92. The van der Waals surface area contributed by atoms with Gasteiger partial charge in [-0.3, -0.25) is 0 Å². The van der Waals surface area contributed by atoms with E-state index in [0.29, 0.717) is 0 Å². The number of nitriles is 1. The summed E-state index contributed by atoms with van der Waals surface area (Å²) in [7, 11) is 1.31. The average molecular weight is 120 g/mol. The van der Waals surface area contributed by atoms with Crippen LogP contribution in [0.1, 0.15) is 0 Å². The van der Waals surface area contributed by atoms with Gasteiger partial charge in [0.15, 0.2) is 6.19 Å². The van der Waals surface area contributed by atoms with Gasteiger partial charge in [0.2, 0.25) is 0 Å². The Morgan fingerprint density at radius 1 is 1.75 bits per heavy atom. The molecule has 0 aromatic rings. The third-order valence-corrected chi connectivity index (χ3v) is 0.583. The Balaban J connectivity index is 3.28. The summed E-state index contributed by atoms with van der Waals surface area (Å²) in [5, 5.41) is 7.93. The Labute approximate surface area is 46.3 Å². The number of hydrogen-bond acceptors (Lipinski definition) is 2. The minimum absolute atomic E-state index is 0.476. The quantitative estimate of drug-likeness (QED) is 0.395. The zero-order valence-electron chi connectivity index (χ0n) is 4.43. The van der Waals surface area contributed by atoms with Gasteiger partial charge in [-0.1, -0.05) is 0 Å². The van der Waals surface area contributed by atoms with E-state index in [0.717, 1.165) is 4.90 Å². The molecule has 8 heavy (non-hydrogen) atoms. The van der Waals surface area contributed by atoms with Crippen LogP contribution in [0.2, 0.25) is 0 Å². The van der Waals surface area contributed by atoms with Crippen LogP contribution in [0.15, 0.2) is 0 Å². The molecule has 0 radical (unpaired) electrons. The van der Waals surface area contributed by atoms with Crippen molar-refractivity contribution in [3.8, 4) is 6.19 Å². The first-order chi connectivity index (χ1) is 3.66. The normalized spacial score (nSPS) is 8.88. The lowest BCUT2D eigenvalue weighted by Crippen LogP contribution is -2.18. The second-order valence-corrected chi connectivity index (χ2v) is 1.37. The predicted octanol–water partition coefficient (Wildman–Crippen LogP) is 0.664. The van der Waals surface area contributed by atoms with Crippen molar-refractivity contribution in [1.29, 1.82) is 5.26 Å². The molecule has 0 atom stereocenters. The molecule has 0 aliphatic rings. The van der Waals surface area contributed by atoms with E-state index < -0.39 is 13.0 Å². The number of rotatable bonds is 2. The summed E-state index contributed by atoms with van der Waals surface area (Å²) < 4.78 is 22.6. The predicted molar refractivity (Wildman–Crippen MR) is 24.2 cm³/mol. The molecule has 0 rings (SSSR count). The van der Waals surface area contributed by atoms with Crippen LogP contribution in [0.4, 0.5) is 8.78 Å². The molecule has 0 unspecified atom stereocenters. The molecule has 0 aliphatic carbocycles. The van der Waals surface area contributed by atoms with Crippen molar-refractivity contribution >= 4 is 0 Å². The lowest BCUT2D eigenvalue weighted by atomic mass is 10.6. The number of nitrogens with zero attached hydrogens (tertiary/aromatic N) is 2. The Morgan fingerprint density at radius 3 is 2.38 bits per heavy atom. The first-order valence-electron chi connectivity index (χ1n) is 2.06. The number of halogens is 2. The first kappa shape index (κ1) is 7.15. The maximum atomic E-state index is 11.3. The van der Waals surface area contributed by atoms with Crippen molar-refractivity contribution in [1.82, 2.24) is 4.90 Å². The zero-order chi connectivity index (χ0) is 6.57. The molecule has 0 bridgehead atoms. The molecule has 0 N–H and O–H groups in total. The van der Waals surface area contributed by atoms with Gasteiger partial charge in [-0.2, -0.15) is 5.26 Å². The number of alkyl halides is 2. The molecule has 0 fully saturated rings. The van der Waals surface area contributed by atoms with Crippen molar-refractivity contribution in [2.24, 2.45) is 0 Å². The topological polar surface area (TPSA) is 27.0 Å². The Kier molecular flexibility index (Phi) is 2.85. The van der Waals surface area contributed by atoms with Gasteiger partial charge in [0.1, 0.15) is 0 Å². The van der Waals surface area contributed by atoms with Crippen molar-refractivity contribution in [3.63, 3.8) is 0 Å². The Bertz CT molecular complexity index is 96.7. The summed E-state index contributed by atoms with van der Waals surface area (Å²) in [5.41, 5.74) is 0. The molecule has 0 saturated heterocycles. The van der Waals surface area contributed by atoms with Crippen LogP contribution in [0.3, 0.4) is 0 Å². The summed E-state index contributed by atoms with van der Waals surface area (Å²) in [6.45, 7) is -0.476. The first-order valence-corrected chi connectivity index (χ1v) is 2.06. The molecule has 0 aliphatic heterocycles. The van der Waals surface area contributed by atoms with Gasteiger partial charge in [0.05, 0.1) is 6.54 Å². The standard InChI is InChI=1S/C4H6F2N2/c1-8(3-7)2-4(5)6/h4H,2H2,1H3. The van der Waals surface area contributed by atoms with Gasteiger partial charge in [-0.05, 0) is 0 Å². The van der Waals surface area contributed by atoms with E-state index in [1.165, 1.54) is 7.05 Å². The van der Waals surface area contributed by atoms with Crippen LogP contribution in [-0.2, 0) is 0 Å². The van der Waals surface area contributed by atoms with Crippen molar-refractivity contribution in [3.05, 3.63) is 0 Å². The molecule has 0 heterocycles. The van der Waals surface area contributed by atoms with Gasteiger partial charge in [0, 0.05) is 7.05 Å². The van der Waals surface area contributed by atoms with E-state index in [1.54, 1.807) is 6.19 Å². The third kappa shape index (κ3) is 3.34. The molecule has 46 valence electrons. The average Bonchev–Trinajstić information content (AvgIpc) is 1.65. The van der Waals surface area contributed by atoms with Gasteiger partial charge in [-0.15, -0.1) is 0 Å². The third-order valence-electron chi connectivity index (χ3n) is 0.583. The maximum absolute atomic E-state index is 11.3. The fraction of sp³-hybridized carbons (Fsp3) is 0.750. The van der Waals surface area contributed by atoms with Crippen LogP contribution in [-0.4, -0.2) is 24.9 Å². The smallest absolute Gasteiger partial charge is 0.256 e. The Hall–Kier alpha value is -0.850. The summed E-state index contributed by atoms with van der Waals surface area (Å²) >= 11 is 0. The Morgan fingerprint density at radius 2 is 2.25 bits per heavy atom. The molecule has 4 heteroatoms.